The van der Waals surface area contributed by atoms with Crippen LogP contribution in [0, 0.1) is 6.92 Å². The minimum atomic E-state index is -0.864. The fourth-order valence-electron chi connectivity index (χ4n) is 3.20. The van der Waals surface area contributed by atoms with Crippen molar-refractivity contribution < 1.29 is 19.5 Å². The zero-order valence-corrected chi connectivity index (χ0v) is 17.9. The zero-order valence-electron chi connectivity index (χ0n) is 17.9. The van der Waals surface area contributed by atoms with Crippen molar-refractivity contribution in [2.45, 2.75) is 26.7 Å². The summed E-state index contributed by atoms with van der Waals surface area (Å²) in [5.41, 5.74) is 5.90. The molecule has 0 unspecified atom stereocenters. The minimum absolute atomic E-state index is 0.0274. The molecule has 3 aromatic carbocycles. The van der Waals surface area contributed by atoms with Gasteiger partial charge >= 0.3 is 5.97 Å². The predicted octanol–water partition coefficient (Wildman–Crippen LogP) is 5.50. The van der Waals surface area contributed by atoms with Gasteiger partial charge in [0.25, 0.3) is 0 Å². The van der Waals surface area contributed by atoms with Gasteiger partial charge in [-0.3, -0.25) is 4.79 Å². The number of rotatable bonds is 10. The Morgan fingerprint density at radius 1 is 0.935 bits per heavy atom. The van der Waals surface area contributed by atoms with E-state index in [1.54, 1.807) is 12.1 Å². The fraction of sp³-hybridized carbons (Fsp3) is 0.231. The summed E-state index contributed by atoms with van der Waals surface area (Å²) in [5.74, 6) is -0.199. The molecule has 0 atom stereocenters. The lowest BCUT2D eigenvalue weighted by Crippen LogP contribution is -2.08. The highest BCUT2D eigenvalue weighted by Crippen LogP contribution is 2.21. The molecule has 0 aliphatic heterocycles. The second-order valence-electron chi connectivity index (χ2n) is 7.19. The molecule has 0 saturated heterocycles. The van der Waals surface area contributed by atoms with E-state index >= 15 is 0 Å². The standard InChI is InChI=1S/C26H27NO4/c1-3-24(23-13-11-22(12-14-23)21-7-5-4-6-8-21)27-31-16-15-30-25-17-20(18-26(28)29)10-9-19(25)2/h4-14,17H,3,15-16,18H2,1-2H3,(H,28,29). The van der Waals surface area contributed by atoms with Gasteiger partial charge in [-0.25, -0.2) is 0 Å². The summed E-state index contributed by atoms with van der Waals surface area (Å²) in [4.78, 5) is 16.4. The molecule has 0 spiro atoms. The SMILES string of the molecule is CCC(=NOCCOc1cc(CC(=O)O)ccc1C)c1ccc(-c2ccccc2)cc1. The van der Waals surface area contributed by atoms with E-state index in [9.17, 15) is 4.79 Å². The molecule has 3 aromatic rings. The molecule has 0 radical (unpaired) electrons. The third kappa shape index (κ3) is 6.44. The third-order valence-electron chi connectivity index (χ3n) is 4.87. The number of benzene rings is 3. The van der Waals surface area contributed by atoms with Gasteiger partial charge in [0.2, 0.25) is 0 Å². The van der Waals surface area contributed by atoms with E-state index in [1.807, 2.05) is 38.1 Å². The first-order valence-corrected chi connectivity index (χ1v) is 10.4. The Balaban J connectivity index is 1.54. The molecule has 0 aromatic heterocycles. The number of carboxylic acid groups (broad SMARTS) is 1. The Morgan fingerprint density at radius 2 is 1.65 bits per heavy atom. The Morgan fingerprint density at radius 3 is 2.32 bits per heavy atom. The lowest BCUT2D eigenvalue weighted by molar-refractivity contribution is -0.136. The normalized spacial score (nSPS) is 11.2. The van der Waals surface area contributed by atoms with Crippen molar-refractivity contribution in [3.8, 4) is 16.9 Å². The molecule has 0 saturated carbocycles. The van der Waals surface area contributed by atoms with Gasteiger partial charge in [-0.05, 0) is 47.2 Å². The number of carbonyl (C=O) groups is 1. The zero-order chi connectivity index (χ0) is 22.1. The van der Waals surface area contributed by atoms with Gasteiger partial charge in [-0.1, -0.05) is 78.8 Å². The maximum Gasteiger partial charge on any atom is 0.307 e. The second-order valence-corrected chi connectivity index (χ2v) is 7.19. The van der Waals surface area contributed by atoms with Crippen molar-refractivity contribution in [1.29, 1.82) is 0 Å². The van der Waals surface area contributed by atoms with Crippen molar-refractivity contribution in [3.05, 3.63) is 89.5 Å². The van der Waals surface area contributed by atoms with Gasteiger partial charge < -0.3 is 14.7 Å². The van der Waals surface area contributed by atoms with Crippen LogP contribution in [0.25, 0.3) is 11.1 Å². The summed E-state index contributed by atoms with van der Waals surface area (Å²) in [6.07, 6.45) is 0.724. The molecule has 0 heterocycles. The number of aliphatic carboxylic acids is 1. The van der Waals surface area contributed by atoms with Crippen LogP contribution >= 0.6 is 0 Å². The van der Waals surface area contributed by atoms with Crippen LogP contribution in [0.5, 0.6) is 5.75 Å². The summed E-state index contributed by atoms with van der Waals surface area (Å²) in [7, 11) is 0. The molecule has 0 aliphatic rings. The van der Waals surface area contributed by atoms with Crippen LogP contribution in [-0.2, 0) is 16.1 Å². The van der Waals surface area contributed by atoms with E-state index in [4.69, 9.17) is 14.7 Å². The van der Waals surface area contributed by atoms with Crippen LogP contribution in [0.1, 0.15) is 30.0 Å². The van der Waals surface area contributed by atoms with Crippen LogP contribution in [0.15, 0.2) is 78.0 Å². The highest BCUT2D eigenvalue weighted by molar-refractivity contribution is 6.00. The molecule has 5 nitrogen and oxygen atoms in total. The lowest BCUT2D eigenvalue weighted by Gasteiger charge is -2.10. The minimum Gasteiger partial charge on any atom is -0.490 e. The highest BCUT2D eigenvalue weighted by Gasteiger charge is 2.06. The molecule has 0 amide bonds. The van der Waals surface area contributed by atoms with Crippen LogP contribution in [-0.4, -0.2) is 30.0 Å². The average molecular weight is 418 g/mol. The number of carboxylic acids is 1. The number of hydrogen-bond donors (Lipinski definition) is 1. The number of hydrogen-bond acceptors (Lipinski definition) is 4. The van der Waals surface area contributed by atoms with Crippen molar-refractivity contribution >= 4 is 11.7 Å². The van der Waals surface area contributed by atoms with Crippen LogP contribution in [0.2, 0.25) is 0 Å². The van der Waals surface area contributed by atoms with Crippen molar-refractivity contribution in [2.75, 3.05) is 13.2 Å². The van der Waals surface area contributed by atoms with Crippen molar-refractivity contribution in [2.24, 2.45) is 5.16 Å². The summed E-state index contributed by atoms with van der Waals surface area (Å²) in [6.45, 7) is 4.59. The lowest BCUT2D eigenvalue weighted by atomic mass is 10.0. The van der Waals surface area contributed by atoms with Crippen molar-refractivity contribution in [3.63, 3.8) is 0 Å². The van der Waals surface area contributed by atoms with Crippen LogP contribution < -0.4 is 4.74 Å². The number of ether oxygens (including phenoxy) is 1. The van der Waals surface area contributed by atoms with Crippen LogP contribution in [0.4, 0.5) is 0 Å². The van der Waals surface area contributed by atoms with E-state index in [0.29, 0.717) is 24.5 Å². The molecular formula is C26H27NO4. The largest absolute Gasteiger partial charge is 0.490 e. The monoisotopic (exact) mass is 417 g/mol. The first-order valence-electron chi connectivity index (χ1n) is 10.4. The Hall–Kier alpha value is -3.60. The van der Waals surface area contributed by atoms with E-state index in [2.05, 4.69) is 41.6 Å². The highest BCUT2D eigenvalue weighted by atomic mass is 16.6. The van der Waals surface area contributed by atoms with Gasteiger partial charge in [0, 0.05) is 0 Å². The van der Waals surface area contributed by atoms with E-state index < -0.39 is 5.97 Å². The van der Waals surface area contributed by atoms with E-state index in [-0.39, 0.29) is 6.42 Å². The third-order valence-corrected chi connectivity index (χ3v) is 4.87. The summed E-state index contributed by atoms with van der Waals surface area (Å²) < 4.78 is 5.76. The Kier molecular flexibility index (Phi) is 7.82. The van der Waals surface area contributed by atoms with Gasteiger partial charge in [-0.2, -0.15) is 0 Å². The number of aryl methyl sites for hydroxylation is 1. The fourth-order valence-corrected chi connectivity index (χ4v) is 3.20. The van der Waals surface area contributed by atoms with Crippen molar-refractivity contribution in [1.82, 2.24) is 0 Å². The second kappa shape index (κ2) is 11.0. The molecule has 3 rings (SSSR count). The Labute approximate surface area is 182 Å². The van der Waals surface area contributed by atoms with Gasteiger partial charge in [0.1, 0.15) is 12.4 Å². The van der Waals surface area contributed by atoms with E-state index in [1.165, 1.54) is 5.56 Å². The first-order chi connectivity index (χ1) is 15.1. The van der Waals surface area contributed by atoms with Gasteiger partial charge in [0.15, 0.2) is 6.61 Å². The predicted molar refractivity (Wildman–Crippen MR) is 123 cm³/mol. The van der Waals surface area contributed by atoms with Gasteiger partial charge in [-0.15, -0.1) is 0 Å². The summed E-state index contributed by atoms with van der Waals surface area (Å²) in [6, 6.07) is 24.0. The summed E-state index contributed by atoms with van der Waals surface area (Å²) in [5, 5.41) is 13.2. The molecule has 1 N–H and O–H groups in total. The molecule has 0 fully saturated rings. The van der Waals surface area contributed by atoms with Crippen LogP contribution in [0.3, 0.4) is 0 Å². The number of nitrogens with zero attached hydrogens (tertiary/aromatic N) is 1. The van der Waals surface area contributed by atoms with E-state index in [0.717, 1.165) is 28.8 Å². The quantitative estimate of drug-likeness (QED) is 0.269. The summed E-state index contributed by atoms with van der Waals surface area (Å²) >= 11 is 0. The molecule has 0 bridgehead atoms. The molecule has 31 heavy (non-hydrogen) atoms. The Bertz CT molecular complexity index is 1030. The molecule has 160 valence electrons. The maximum atomic E-state index is 10.9. The molecular weight excluding hydrogens is 390 g/mol. The first kappa shape index (κ1) is 22.1. The smallest absolute Gasteiger partial charge is 0.307 e. The number of oxime groups is 1. The molecule has 0 aliphatic carbocycles. The average Bonchev–Trinajstić information content (AvgIpc) is 2.78. The van der Waals surface area contributed by atoms with Gasteiger partial charge in [0.05, 0.1) is 12.1 Å². The molecule has 5 heteroatoms. The maximum absolute atomic E-state index is 10.9. The topological polar surface area (TPSA) is 68.1 Å².